The fourth-order valence-electron chi connectivity index (χ4n) is 2.28. The van der Waals surface area contributed by atoms with Gasteiger partial charge in [0.1, 0.15) is 12.1 Å². The molecule has 0 unspecified atom stereocenters. The third kappa shape index (κ3) is 1.65. The Balaban J connectivity index is 1.82. The minimum Gasteiger partial charge on any atom is -0.290 e. The van der Waals surface area contributed by atoms with Crippen LogP contribution in [0.1, 0.15) is 5.56 Å². The van der Waals surface area contributed by atoms with Crippen molar-refractivity contribution in [2.75, 3.05) is 0 Å². The largest absolute Gasteiger partial charge is 0.290 e. The molecule has 5 nitrogen and oxygen atoms in total. The monoisotopic (exact) mass is 267 g/mol. The second-order valence-corrected chi connectivity index (χ2v) is 4.57. The topological polar surface area (TPSA) is 48.0 Å². The molecule has 0 atom stereocenters. The Hall–Kier alpha value is -2.76. The quantitative estimate of drug-likeness (QED) is 0.559. The molecule has 0 aliphatic heterocycles. The van der Waals surface area contributed by atoms with Crippen LogP contribution in [0.15, 0.2) is 49.2 Å². The molecule has 0 amide bonds. The summed E-state index contributed by atoms with van der Waals surface area (Å²) in [6.45, 7) is 0.549. The first-order chi connectivity index (χ1) is 9.81. The summed E-state index contributed by atoms with van der Waals surface area (Å²) in [5.74, 6) is -0.240. The standard InChI is InChI=1S/C14H10FN5/c15-11-3-1-10(2-4-11)8-20-14-12(7-18-20)13-16-5-6-19(13)9-17-14/h1-7,9H,8H2. The van der Waals surface area contributed by atoms with Gasteiger partial charge in [0.05, 0.1) is 18.1 Å². The Kier molecular flexibility index (Phi) is 2.29. The molecule has 3 heterocycles. The first-order valence-electron chi connectivity index (χ1n) is 6.19. The van der Waals surface area contributed by atoms with Crippen LogP contribution in [0.5, 0.6) is 0 Å². The van der Waals surface area contributed by atoms with Gasteiger partial charge in [0.2, 0.25) is 0 Å². The van der Waals surface area contributed by atoms with Gasteiger partial charge in [-0.05, 0) is 17.7 Å². The van der Waals surface area contributed by atoms with E-state index in [1.165, 1.54) is 12.1 Å². The summed E-state index contributed by atoms with van der Waals surface area (Å²) in [7, 11) is 0. The summed E-state index contributed by atoms with van der Waals surface area (Å²) in [5.41, 5.74) is 2.58. The van der Waals surface area contributed by atoms with Crippen LogP contribution in [-0.2, 0) is 6.54 Å². The number of hydrogen-bond acceptors (Lipinski definition) is 3. The zero-order valence-electron chi connectivity index (χ0n) is 10.4. The number of fused-ring (bicyclic) bond motifs is 3. The molecule has 0 aliphatic carbocycles. The molecule has 0 spiro atoms. The van der Waals surface area contributed by atoms with E-state index in [4.69, 9.17) is 0 Å². The first kappa shape index (κ1) is 11.1. The summed E-state index contributed by atoms with van der Waals surface area (Å²) >= 11 is 0. The SMILES string of the molecule is Fc1ccc(Cn2ncc3c2ncn2ccnc32)cc1. The van der Waals surface area contributed by atoms with Gasteiger partial charge in [0.15, 0.2) is 11.3 Å². The van der Waals surface area contributed by atoms with Crippen LogP contribution in [0, 0.1) is 5.82 Å². The third-order valence-corrected chi connectivity index (χ3v) is 3.27. The number of halogens is 1. The lowest BCUT2D eigenvalue weighted by atomic mass is 10.2. The Morgan fingerprint density at radius 1 is 1.05 bits per heavy atom. The fraction of sp³-hybridized carbons (Fsp3) is 0.0714. The van der Waals surface area contributed by atoms with Crippen LogP contribution < -0.4 is 0 Å². The predicted molar refractivity (Wildman–Crippen MR) is 71.8 cm³/mol. The van der Waals surface area contributed by atoms with E-state index in [0.717, 1.165) is 22.2 Å². The third-order valence-electron chi connectivity index (χ3n) is 3.27. The van der Waals surface area contributed by atoms with E-state index in [0.29, 0.717) is 6.54 Å². The molecule has 6 heteroatoms. The summed E-state index contributed by atoms with van der Waals surface area (Å²) in [4.78, 5) is 8.70. The zero-order valence-corrected chi connectivity index (χ0v) is 10.4. The minimum atomic E-state index is -0.240. The van der Waals surface area contributed by atoms with E-state index in [1.807, 2.05) is 10.6 Å². The van der Waals surface area contributed by atoms with Gasteiger partial charge in [0, 0.05) is 12.4 Å². The van der Waals surface area contributed by atoms with Gasteiger partial charge in [-0.15, -0.1) is 0 Å². The number of nitrogens with zero attached hydrogens (tertiary/aromatic N) is 5. The number of rotatable bonds is 2. The van der Waals surface area contributed by atoms with Crippen molar-refractivity contribution in [1.82, 2.24) is 24.1 Å². The van der Waals surface area contributed by atoms with E-state index in [2.05, 4.69) is 15.1 Å². The van der Waals surface area contributed by atoms with Gasteiger partial charge in [-0.1, -0.05) is 12.1 Å². The number of hydrogen-bond donors (Lipinski definition) is 0. The summed E-state index contributed by atoms with van der Waals surface area (Å²) in [6, 6.07) is 6.39. The molecule has 4 rings (SSSR count). The Morgan fingerprint density at radius 2 is 1.90 bits per heavy atom. The average molecular weight is 267 g/mol. The van der Waals surface area contributed by atoms with E-state index < -0.39 is 0 Å². The molecule has 4 aromatic rings. The molecule has 0 N–H and O–H groups in total. The van der Waals surface area contributed by atoms with Crippen LogP contribution in [0.4, 0.5) is 4.39 Å². The van der Waals surface area contributed by atoms with Crippen molar-refractivity contribution in [1.29, 1.82) is 0 Å². The van der Waals surface area contributed by atoms with Gasteiger partial charge in [-0.25, -0.2) is 19.0 Å². The highest BCUT2D eigenvalue weighted by atomic mass is 19.1. The second kappa shape index (κ2) is 4.12. The van der Waals surface area contributed by atoms with Crippen LogP contribution in [-0.4, -0.2) is 24.1 Å². The molecule has 0 radical (unpaired) electrons. The number of aromatic nitrogens is 5. The minimum absolute atomic E-state index is 0.240. The maximum Gasteiger partial charge on any atom is 0.163 e. The van der Waals surface area contributed by atoms with Crippen LogP contribution in [0.3, 0.4) is 0 Å². The lowest BCUT2D eigenvalue weighted by molar-refractivity contribution is 0.625. The molecule has 1 aromatic carbocycles. The normalized spacial score (nSPS) is 11.4. The molecule has 0 bridgehead atoms. The molecule has 0 saturated heterocycles. The van der Waals surface area contributed by atoms with Crippen molar-refractivity contribution in [2.45, 2.75) is 6.54 Å². The average Bonchev–Trinajstić information content (AvgIpc) is 3.07. The van der Waals surface area contributed by atoms with Gasteiger partial charge >= 0.3 is 0 Å². The van der Waals surface area contributed by atoms with E-state index >= 15 is 0 Å². The summed E-state index contributed by atoms with van der Waals surface area (Å²) in [6.07, 6.45) is 7.05. The highest BCUT2D eigenvalue weighted by Crippen LogP contribution is 2.17. The van der Waals surface area contributed by atoms with Crippen molar-refractivity contribution >= 4 is 16.7 Å². The Bertz CT molecular complexity index is 891. The van der Waals surface area contributed by atoms with Crippen molar-refractivity contribution in [2.24, 2.45) is 0 Å². The zero-order chi connectivity index (χ0) is 13.5. The first-order valence-corrected chi connectivity index (χ1v) is 6.19. The van der Waals surface area contributed by atoms with E-state index in [1.54, 1.807) is 35.5 Å². The number of imidazole rings is 1. The predicted octanol–water partition coefficient (Wildman–Crippen LogP) is 2.27. The molecule has 20 heavy (non-hydrogen) atoms. The van der Waals surface area contributed by atoms with Gasteiger partial charge in [0.25, 0.3) is 0 Å². The summed E-state index contributed by atoms with van der Waals surface area (Å²) < 4.78 is 16.6. The molecular weight excluding hydrogens is 257 g/mol. The maximum absolute atomic E-state index is 12.9. The van der Waals surface area contributed by atoms with Crippen molar-refractivity contribution in [3.05, 3.63) is 60.6 Å². The molecule has 0 fully saturated rings. The molecule has 98 valence electrons. The Labute approximate surface area is 113 Å². The van der Waals surface area contributed by atoms with Crippen LogP contribution in [0.25, 0.3) is 16.7 Å². The van der Waals surface area contributed by atoms with Crippen LogP contribution in [0.2, 0.25) is 0 Å². The molecule has 0 saturated carbocycles. The van der Waals surface area contributed by atoms with Crippen molar-refractivity contribution in [3.63, 3.8) is 0 Å². The van der Waals surface area contributed by atoms with E-state index in [-0.39, 0.29) is 5.82 Å². The van der Waals surface area contributed by atoms with Crippen molar-refractivity contribution < 1.29 is 4.39 Å². The molecule has 3 aromatic heterocycles. The fourth-order valence-corrected chi connectivity index (χ4v) is 2.28. The van der Waals surface area contributed by atoms with E-state index in [9.17, 15) is 4.39 Å². The molecular formula is C14H10FN5. The Morgan fingerprint density at radius 3 is 2.75 bits per heavy atom. The van der Waals surface area contributed by atoms with Gasteiger partial charge < -0.3 is 0 Å². The highest BCUT2D eigenvalue weighted by Gasteiger charge is 2.09. The lowest BCUT2D eigenvalue weighted by Gasteiger charge is -2.03. The highest BCUT2D eigenvalue weighted by molar-refractivity contribution is 5.88. The molecule has 0 aliphatic rings. The van der Waals surface area contributed by atoms with Crippen LogP contribution >= 0.6 is 0 Å². The summed E-state index contributed by atoms with van der Waals surface area (Å²) in [5, 5.41) is 5.25. The second-order valence-electron chi connectivity index (χ2n) is 4.57. The van der Waals surface area contributed by atoms with Gasteiger partial charge in [-0.3, -0.25) is 4.40 Å². The maximum atomic E-state index is 12.9. The smallest absolute Gasteiger partial charge is 0.163 e. The lowest BCUT2D eigenvalue weighted by Crippen LogP contribution is -2.03. The van der Waals surface area contributed by atoms with Gasteiger partial charge in [-0.2, -0.15) is 5.10 Å². The van der Waals surface area contributed by atoms with Crippen molar-refractivity contribution in [3.8, 4) is 0 Å². The number of benzene rings is 1.